The van der Waals surface area contributed by atoms with E-state index in [4.69, 9.17) is 4.42 Å². The first-order valence-corrected chi connectivity index (χ1v) is 7.63. The van der Waals surface area contributed by atoms with Gasteiger partial charge in [0.05, 0.1) is 17.9 Å². The van der Waals surface area contributed by atoms with E-state index in [2.05, 4.69) is 5.32 Å². The van der Waals surface area contributed by atoms with Gasteiger partial charge in [-0.2, -0.15) is 0 Å². The molecule has 1 aromatic rings. The lowest BCUT2D eigenvalue weighted by atomic mass is 10.2. The van der Waals surface area contributed by atoms with Crippen LogP contribution < -0.4 is 5.32 Å². The highest BCUT2D eigenvalue weighted by Gasteiger charge is 2.48. The highest BCUT2D eigenvalue weighted by atomic mass is 32.2. The number of carbonyl (C=O) groups excluding carboxylic acids is 1. The molecular formula is C13H16N2O4S. The van der Waals surface area contributed by atoms with Crippen molar-refractivity contribution in [1.29, 1.82) is 0 Å². The van der Waals surface area contributed by atoms with Crippen LogP contribution in [-0.4, -0.2) is 39.2 Å². The number of hydrogen-bond donors (Lipinski definition) is 2. The molecule has 2 fully saturated rings. The molecule has 0 bridgehead atoms. The zero-order valence-electron chi connectivity index (χ0n) is 10.8. The fourth-order valence-corrected chi connectivity index (χ4v) is 4.01. The minimum absolute atomic E-state index is 0.000416. The Hall–Kier alpha value is -1.63. The first-order chi connectivity index (χ1) is 9.66. The maximum absolute atomic E-state index is 12.3. The molecule has 108 valence electrons. The summed E-state index contributed by atoms with van der Waals surface area (Å²) < 4.78 is 4.94. The van der Waals surface area contributed by atoms with Crippen LogP contribution in [0.2, 0.25) is 0 Å². The molecule has 2 unspecified atom stereocenters. The second kappa shape index (κ2) is 5.40. The summed E-state index contributed by atoms with van der Waals surface area (Å²) in [7, 11) is 0. The summed E-state index contributed by atoms with van der Waals surface area (Å²) in [5.74, 6) is -0.0153. The third-order valence-corrected chi connectivity index (χ3v) is 5.07. The molecule has 1 aliphatic heterocycles. The van der Waals surface area contributed by atoms with E-state index in [0.29, 0.717) is 18.2 Å². The highest BCUT2D eigenvalue weighted by molar-refractivity contribution is 8.00. The fourth-order valence-electron chi connectivity index (χ4n) is 2.38. The van der Waals surface area contributed by atoms with Crippen LogP contribution in [0.15, 0.2) is 23.0 Å². The van der Waals surface area contributed by atoms with E-state index in [-0.39, 0.29) is 11.4 Å². The Balaban J connectivity index is 1.67. The van der Waals surface area contributed by atoms with Gasteiger partial charge in [0.15, 0.2) is 0 Å². The molecule has 0 aromatic carbocycles. The van der Waals surface area contributed by atoms with Gasteiger partial charge in [-0.1, -0.05) is 0 Å². The van der Waals surface area contributed by atoms with Crippen molar-refractivity contribution in [3.63, 3.8) is 0 Å². The quantitative estimate of drug-likeness (QED) is 0.884. The van der Waals surface area contributed by atoms with E-state index >= 15 is 0 Å². The molecule has 3 rings (SSSR count). The molecule has 1 saturated heterocycles. The number of nitrogens with zero attached hydrogens (tertiary/aromatic N) is 1. The number of rotatable bonds is 4. The van der Waals surface area contributed by atoms with Crippen molar-refractivity contribution in [2.75, 3.05) is 5.75 Å². The lowest BCUT2D eigenvalue weighted by Gasteiger charge is -2.27. The predicted molar refractivity (Wildman–Crippen MR) is 73.2 cm³/mol. The zero-order valence-corrected chi connectivity index (χ0v) is 11.6. The number of urea groups is 1. The second-order valence-electron chi connectivity index (χ2n) is 5.11. The van der Waals surface area contributed by atoms with Gasteiger partial charge in [-0.15, -0.1) is 11.8 Å². The van der Waals surface area contributed by atoms with Crippen LogP contribution in [0.3, 0.4) is 0 Å². The van der Waals surface area contributed by atoms with Gasteiger partial charge in [-0.3, -0.25) is 4.90 Å². The minimum atomic E-state index is -0.931. The van der Waals surface area contributed by atoms with Gasteiger partial charge in [0.1, 0.15) is 6.04 Å². The number of aliphatic carboxylic acids is 1. The topological polar surface area (TPSA) is 82.8 Å². The van der Waals surface area contributed by atoms with E-state index < -0.39 is 12.0 Å². The zero-order chi connectivity index (χ0) is 14.1. The normalized spacial score (nSPS) is 25.7. The van der Waals surface area contributed by atoms with Crippen LogP contribution in [0.25, 0.3) is 0 Å². The largest absolute Gasteiger partial charge is 0.480 e. The smallest absolute Gasteiger partial charge is 0.327 e. The Morgan fingerprint density at radius 2 is 2.30 bits per heavy atom. The molecule has 2 heterocycles. The Morgan fingerprint density at radius 3 is 2.90 bits per heavy atom. The third kappa shape index (κ3) is 2.63. The van der Waals surface area contributed by atoms with E-state index in [1.807, 2.05) is 0 Å². The van der Waals surface area contributed by atoms with Gasteiger partial charge in [0, 0.05) is 17.9 Å². The molecular weight excluding hydrogens is 280 g/mol. The van der Waals surface area contributed by atoms with Crippen LogP contribution in [-0.2, 0) is 11.3 Å². The average Bonchev–Trinajstić information content (AvgIpc) is 2.97. The molecule has 2 aliphatic rings. The number of carboxylic acids is 1. The third-order valence-electron chi connectivity index (χ3n) is 3.60. The number of hydrogen-bond acceptors (Lipinski definition) is 4. The first kappa shape index (κ1) is 13.4. The maximum atomic E-state index is 12.3. The van der Waals surface area contributed by atoms with Crippen LogP contribution in [0, 0.1) is 5.92 Å². The van der Waals surface area contributed by atoms with Crippen LogP contribution in [0.1, 0.15) is 18.4 Å². The van der Waals surface area contributed by atoms with Crippen molar-refractivity contribution in [1.82, 2.24) is 10.2 Å². The van der Waals surface area contributed by atoms with Crippen LogP contribution >= 0.6 is 11.8 Å². The van der Waals surface area contributed by atoms with E-state index in [1.54, 1.807) is 30.4 Å². The van der Waals surface area contributed by atoms with Gasteiger partial charge in [-0.25, -0.2) is 9.59 Å². The molecule has 7 heteroatoms. The molecule has 1 aliphatic carbocycles. The Morgan fingerprint density at radius 1 is 1.50 bits per heavy atom. The SMILES string of the molecule is O=C(O)C1CSC(C2CC2)N1C(=O)NCc1ccoc1. The number of nitrogens with one attached hydrogen (secondary N) is 1. The van der Waals surface area contributed by atoms with Crippen molar-refractivity contribution >= 4 is 23.8 Å². The highest BCUT2D eigenvalue weighted by Crippen LogP contribution is 2.45. The van der Waals surface area contributed by atoms with Gasteiger partial charge >= 0.3 is 12.0 Å². The lowest BCUT2D eigenvalue weighted by Crippen LogP contribution is -2.50. The lowest BCUT2D eigenvalue weighted by molar-refractivity contribution is -0.141. The summed E-state index contributed by atoms with van der Waals surface area (Å²) in [5.41, 5.74) is 0.861. The number of amides is 2. The van der Waals surface area contributed by atoms with Crippen molar-refractivity contribution < 1.29 is 19.1 Å². The van der Waals surface area contributed by atoms with E-state index in [9.17, 15) is 14.7 Å². The molecule has 20 heavy (non-hydrogen) atoms. The van der Waals surface area contributed by atoms with Crippen LogP contribution in [0.5, 0.6) is 0 Å². The Bertz CT molecular complexity index is 500. The Kier molecular flexibility index (Phi) is 3.60. The van der Waals surface area contributed by atoms with Gasteiger partial charge < -0.3 is 14.8 Å². The van der Waals surface area contributed by atoms with Crippen molar-refractivity contribution in [3.8, 4) is 0 Å². The van der Waals surface area contributed by atoms with E-state index in [0.717, 1.165) is 18.4 Å². The summed E-state index contributed by atoms with van der Waals surface area (Å²) in [4.78, 5) is 25.1. The summed E-state index contributed by atoms with van der Waals surface area (Å²) in [6.07, 6.45) is 5.26. The first-order valence-electron chi connectivity index (χ1n) is 6.58. The fraction of sp³-hybridized carbons (Fsp3) is 0.538. The van der Waals surface area contributed by atoms with Crippen molar-refractivity contribution in [2.24, 2.45) is 5.92 Å². The molecule has 2 N–H and O–H groups in total. The number of carbonyl (C=O) groups is 2. The molecule has 6 nitrogen and oxygen atoms in total. The summed E-state index contributed by atoms with van der Waals surface area (Å²) in [6.45, 7) is 0.347. The monoisotopic (exact) mass is 296 g/mol. The molecule has 2 amide bonds. The summed E-state index contributed by atoms with van der Waals surface area (Å²) in [5, 5.41) is 12.0. The average molecular weight is 296 g/mol. The number of carboxylic acid groups (broad SMARTS) is 1. The Labute approximate surface area is 120 Å². The minimum Gasteiger partial charge on any atom is -0.480 e. The number of thioether (sulfide) groups is 1. The van der Waals surface area contributed by atoms with Gasteiger partial charge in [0.2, 0.25) is 0 Å². The van der Waals surface area contributed by atoms with Gasteiger partial charge in [0.25, 0.3) is 0 Å². The van der Waals surface area contributed by atoms with Crippen molar-refractivity contribution in [2.45, 2.75) is 30.8 Å². The molecule has 0 radical (unpaired) electrons. The summed E-state index contributed by atoms with van der Waals surface area (Å²) in [6, 6.07) is 0.738. The van der Waals surface area contributed by atoms with E-state index in [1.165, 1.54) is 4.90 Å². The molecule has 2 atom stereocenters. The molecule has 1 aromatic heterocycles. The maximum Gasteiger partial charge on any atom is 0.327 e. The number of furan rings is 1. The standard InChI is InChI=1S/C13H16N2O4S/c16-12(17)10-7-20-11(9-1-2-9)15(10)13(18)14-5-8-3-4-19-6-8/h3-4,6,9-11H,1-2,5,7H2,(H,14,18)(H,16,17). The summed E-state index contributed by atoms with van der Waals surface area (Å²) >= 11 is 1.57. The van der Waals surface area contributed by atoms with Gasteiger partial charge in [-0.05, 0) is 24.8 Å². The molecule has 0 spiro atoms. The predicted octanol–water partition coefficient (Wildman–Crippen LogP) is 1.73. The van der Waals surface area contributed by atoms with Crippen LogP contribution in [0.4, 0.5) is 4.79 Å². The molecule has 1 saturated carbocycles. The van der Waals surface area contributed by atoms with Crippen molar-refractivity contribution in [3.05, 3.63) is 24.2 Å². The second-order valence-corrected chi connectivity index (χ2v) is 6.26.